The fraction of sp³-hybridized carbons (Fsp3) is 0.500. The van der Waals surface area contributed by atoms with E-state index in [1.165, 1.54) is 5.56 Å². The number of rotatable bonds is 2. The van der Waals surface area contributed by atoms with E-state index in [1.54, 1.807) is 6.92 Å². The molecule has 1 fully saturated rings. The van der Waals surface area contributed by atoms with Crippen molar-refractivity contribution in [1.29, 1.82) is 0 Å². The van der Waals surface area contributed by atoms with Crippen molar-refractivity contribution >= 4 is 17.7 Å². The van der Waals surface area contributed by atoms with Crippen molar-refractivity contribution in [3.8, 4) is 0 Å². The van der Waals surface area contributed by atoms with E-state index in [-0.39, 0.29) is 11.9 Å². The largest absolute Gasteiger partial charge is 0.332 e. The highest BCUT2D eigenvalue weighted by atomic mass is 32.2. The molecule has 4 heteroatoms. The molecule has 98 valence electrons. The summed E-state index contributed by atoms with van der Waals surface area (Å²) in [5.74, 6) is 1.04. The lowest BCUT2D eigenvalue weighted by Gasteiger charge is -2.40. The molecule has 1 amide bonds. The van der Waals surface area contributed by atoms with Crippen molar-refractivity contribution in [2.75, 3.05) is 12.3 Å². The van der Waals surface area contributed by atoms with Gasteiger partial charge in [-0.1, -0.05) is 37.3 Å². The minimum absolute atomic E-state index is 0.0519. The maximum absolute atomic E-state index is 12.2. The van der Waals surface area contributed by atoms with Gasteiger partial charge >= 0.3 is 0 Å². The average Bonchev–Trinajstić information content (AvgIpc) is 2.38. The summed E-state index contributed by atoms with van der Waals surface area (Å²) in [7, 11) is 0. The number of carbonyl (C=O) groups excluding carboxylic acids is 1. The quantitative estimate of drug-likeness (QED) is 0.889. The van der Waals surface area contributed by atoms with Crippen LogP contribution in [-0.2, 0) is 4.79 Å². The SMILES string of the molecule is CC1SCCN(C(=O)[C@@H](C)N)C1c1ccccc1. The monoisotopic (exact) mass is 264 g/mol. The molecule has 0 radical (unpaired) electrons. The molecule has 1 aromatic rings. The van der Waals surface area contributed by atoms with E-state index < -0.39 is 6.04 Å². The predicted molar refractivity (Wildman–Crippen MR) is 76.5 cm³/mol. The summed E-state index contributed by atoms with van der Waals surface area (Å²) in [5, 5.41) is 0.406. The van der Waals surface area contributed by atoms with Gasteiger partial charge < -0.3 is 10.6 Å². The molecule has 1 aliphatic rings. The first kappa shape index (κ1) is 13.4. The number of hydrogen-bond donors (Lipinski definition) is 1. The van der Waals surface area contributed by atoms with Gasteiger partial charge in [-0.25, -0.2) is 0 Å². The first-order valence-corrected chi connectivity index (χ1v) is 7.38. The maximum Gasteiger partial charge on any atom is 0.239 e. The number of benzene rings is 1. The lowest BCUT2D eigenvalue weighted by molar-refractivity contribution is -0.134. The number of amides is 1. The number of carbonyl (C=O) groups is 1. The fourth-order valence-corrected chi connectivity index (χ4v) is 3.59. The number of nitrogens with zero attached hydrogens (tertiary/aromatic N) is 1. The summed E-state index contributed by atoms with van der Waals surface area (Å²) in [6.45, 7) is 4.73. The summed E-state index contributed by atoms with van der Waals surface area (Å²) in [6.07, 6.45) is 0. The molecule has 1 heterocycles. The Morgan fingerprint density at radius 2 is 2.11 bits per heavy atom. The van der Waals surface area contributed by atoms with E-state index in [0.717, 1.165) is 12.3 Å². The highest BCUT2D eigenvalue weighted by molar-refractivity contribution is 8.00. The molecular weight excluding hydrogens is 244 g/mol. The molecule has 18 heavy (non-hydrogen) atoms. The third-order valence-corrected chi connectivity index (χ3v) is 4.51. The van der Waals surface area contributed by atoms with E-state index in [1.807, 2.05) is 34.9 Å². The van der Waals surface area contributed by atoms with Crippen molar-refractivity contribution in [3.63, 3.8) is 0 Å². The minimum atomic E-state index is -0.425. The lowest BCUT2D eigenvalue weighted by Crippen LogP contribution is -2.49. The summed E-state index contributed by atoms with van der Waals surface area (Å²) < 4.78 is 0. The van der Waals surface area contributed by atoms with Crippen LogP contribution in [0.25, 0.3) is 0 Å². The average molecular weight is 264 g/mol. The Morgan fingerprint density at radius 1 is 1.44 bits per heavy atom. The first-order chi connectivity index (χ1) is 8.61. The van der Waals surface area contributed by atoms with Crippen LogP contribution < -0.4 is 5.73 Å². The Kier molecular flexibility index (Phi) is 4.30. The normalized spacial score (nSPS) is 25.8. The van der Waals surface area contributed by atoms with Crippen LogP contribution in [0.1, 0.15) is 25.5 Å². The Balaban J connectivity index is 2.29. The molecule has 0 saturated carbocycles. The van der Waals surface area contributed by atoms with Crippen LogP contribution in [0.2, 0.25) is 0 Å². The Bertz CT molecular complexity index is 408. The maximum atomic E-state index is 12.2. The standard InChI is InChI=1S/C14H20N2OS/c1-10(15)14(17)16-8-9-18-11(2)13(16)12-6-4-3-5-7-12/h3-7,10-11,13H,8-9,15H2,1-2H3/t10-,11?,13?/m1/s1. The van der Waals surface area contributed by atoms with Crippen molar-refractivity contribution in [2.45, 2.75) is 31.2 Å². The molecule has 3 atom stereocenters. The number of nitrogens with two attached hydrogens (primary N) is 1. The van der Waals surface area contributed by atoms with Crippen LogP contribution in [0.5, 0.6) is 0 Å². The number of hydrogen-bond acceptors (Lipinski definition) is 3. The van der Waals surface area contributed by atoms with Crippen LogP contribution in [0.3, 0.4) is 0 Å². The molecular formula is C14H20N2OS. The van der Waals surface area contributed by atoms with Crippen LogP contribution in [0.15, 0.2) is 30.3 Å². The van der Waals surface area contributed by atoms with Gasteiger partial charge in [0.2, 0.25) is 5.91 Å². The van der Waals surface area contributed by atoms with Gasteiger partial charge in [-0.2, -0.15) is 11.8 Å². The minimum Gasteiger partial charge on any atom is -0.332 e. The zero-order chi connectivity index (χ0) is 13.1. The van der Waals surface area contributed by atoms with Gasteiger partial charge in [0.25, 0.3) is 0 Å². The second-order valence-corrected chi connectivity index (χ2v) is 6.24. The molecule has 2 N–H and O–H groups in total. The third kappa shape index (κ3) is 2.70. The van der Waals surface area contributed by atoms with Crippen molar-refractivity contribution in [2.24, 2.45) is 5.73 Å². The summed E-state index contributed by atoms with van der Waals surface area (Å²) in [5.41, 5.74) is 6.95. The molecule has 0 aromatic heterocycles. The van der Waals surface area contributed by atoms with Crippen LogP contribution in [0.4, 0.5) is 0 Å². The summed E-state index contributed by atoms with van der Waals surface area (Å²) in [6, 6.07) is 9.95. The zero-order valence-corrected chi connectivity index (χ0v) is 11.7. The highest BCUT2D eigenvalue weighted by Gasteiger charge is 2.34. The van der Waals surface area contributed by atoms with E-state index in [4.69, 9.17) is 5.73 Å². The van der Waals surface area contributed by atoms with Gasteiger partial charge in [0.15, 0.2) is 0 Å². The smallest absolute Gasteiger partial charge is 0.239 e. The van der Waals surface area contributed by atoms with E-state index in [0.29, 0.717) is 5.25 Å². The second kappa shape index (κ2) is 5.76. The molecule has 1 aromatic carbocycles. The summed E-state index contributed by atoms with van der Waals surface area (Å²) in [4.78, 5) is 14.2. The van der Waals surface area contributed by atoms with Crippen molar-refractivity contribution in [1.82, 2.24) is 4.90 Å². The highest BCUT2D eigenvalue weighted by Crippen LogP contribution is 2.36. The number of thioether (sulfide) groups is 1. The zero-order valence-electron chi connectivity index (χ0n) is 10.9. The van der Waals surface area contributed by atoms with Crippen molar-refractivity contribution < 1.29 is 4.79 Å². The molecule has 2 rings (SSSR count). The summed E-state index contributed by atoms with van der Waals surface area (Å²) >= 11 is 1.92. The fourth-order valence-electron chi connectivity index (χ4n) is 2.43. The van der Waals surface area contributed by atoms with Gasteiger partial charge in [-0.15, -0.1) is 0 Å². The van der Waals surface area contributed by atoms with Crippen molar-refractivity contribution in [3.05, 3.63) is 35.9 Å². The molecule has 2 unspecified atom stereocenters. The van der Waals surface area contributed by atoms with Gasteiger partial charge in [0.05, 0.1) is 12.1 Å². The second-order valence-electron chi connectivity index (χ2n) is 4.75. The van der Waals surface area contributed by atoms with Gasteiger partial charge in [0, 0.05) is 17.5 Å². The van der Waals surface area contributed by atoms with E-state index >= 15 is 0 Å². The predicted octanol–water partition coefficient (Wildman–Crippen LogP) is 2.04. The Hall–Kier alpha value is -1.00. The van der Waals surface area contributed by atoms with E-state index in [2.05, 4.69) is 19.1 Å². The van der Waals surface area contributed by atoms with Crippen LogP contribution >= 0.6 is 11.8 Å². The Morgan fingerprint density at radius 3 is 2.72 bits per heavy atom. The van der Waals surface area contributed by atoms with Gasteiger partial charge in [0.1, 0.15) is 0 Å². The Labute approximate surface area is 113 Å². The lowest BCUT2D eigenvalue weighted by atomic mass is 10.0. The van der Waals surface area contributed by atoms with Crippen LogP contribution in [0, 0.1) is 0 Å². The van der Waals surface area contributed by atoms with E-state index in [9.17, 15) is 4.79 Å². The van der Waals surface area contributed by atoms with Crippen LogP contribution in [-0.4, -0.2) is 34.4 Å². The molecule has 0 bridgehead atoms. The molecule has 0 aliphatic carbocycles. The third-order valence-electron chi connectivity index (χ3n) is 3.31. The molecule has 3 nitrogen and oxygen atoms in total. The molecule has 1 saturated heterocycles. The topological polar surface area (TPSA) is 46.3 Å². The van der Waals surface area contributed by atoms with Gasteiger partial charge in [-0.05, 0) is 12.5 Å². The van der Waals surface area contributed by atoms with Gasteiger partial charge in [-0.3, -0.25) is 4.79 Å². The molecule has 0 spiro atoms. The first-order valence-electron chi connectivity index (χ1n) is 6.34. The molecule has 1 aliphatic heterocycles.